The highest BCUT2D eigenvalue weighted by molar-refractivity contribution is 5.90. The average Bonchev–Trinajstić information content (AvgIpc) is 2.79. The van der Waals surface area contributed by atoms with Crippen molar-refractivity contribution >= 4 is 5.97 Å². The van der Waals surface area contributed by atoms with Crippen LogP contribution in [-0.2, 0) is 18.4 Å². The number of hydrogen-bond acceptors (Lipinski definition) is 5. The fourth-order valence-electron chi connectivity index (χ4n) is 1.60. The van der Waals surface area contributed by atoms with E-state index >= 15 is 0 Å². The molecule has 0 bridgehead atoms. The summed E-state index contributed by atoms with van der Waals surface area (Å²) in [5.41, 5.74) is 1.09. The van der Waals surface area contributed by atoms with Crippen LogP contribution in [-0.4, -0.2) is 27.3 Å². The highest BCUT2D eigenvalue weighted by Crippen LogP contribution is 2.14. The van der Waals surface area contributed by atoms with Gasteiger partial charge in [0.05, 0.1) is 24.7 Å². The summed E-state index contributed by atoms with van der Waals surface area (Å²) in [5, 5.41) is 4.05. The molecular weight excluding hydrogens is 246 g/mol. The van der Waals surface area contributed by atoms with E-state index in [1.54, 1.807) is 43.2 Å². The lowest BCUT2D eigenvalue weighted by atomic mass is 10.2. The van der Waals surface area contributed by atoms with Crippen molar-refractivity contribution in [3.05, 3.63) is 42.0 Å². The summed E-state index contributed by atoms with van der Waals surface area (Å²) < 4.78 is 12.1. The molecule has 0 fully saturated rings. The number of esters is 1. The zero-order chi connectivity index (χ0) is 13.7. The number of pyridine rings is 1. The van der Waals surface area contributed by atoms with Crippen molar-refractivity contribution in [1.82, 2.24) is 14.8 Å². The molecule has 2 aromatic rings. The molecule has 0 aliphatic heterocycles. The van der Waals surface area contributed by atoms with Gasteiger partial charge in [0.2, 0.25) is 0 Å². The maximum absolute atomic E-state index is 11.7. The van der Waals surface area contributed by atoms with Gasteiger partial charge in [-0.05, 0) is 19.1 Å². The SMILES string of the molecule is CCOC(=O)c1cnn(C)c1COc1cccnc1. The number of aromatic nitrogens is 3. The van der Waals surface area contributed by atoms with E-state index in [1.165, 1.54) is 6.20 Å². The Bertz CT molecular complexity index is 552. The maximum atomic E-state index is 11.7. The van der Waals surface area contributed by atoms with E-state index in [0.717, 1.165) is 0 Å². The van der Waals surface area contributed by atoms with Crippen molar-refractivity contribution in [1.29, 1.82) is 0 Å². The van der Waals surface area contributed by atoms with Crippen LogP contribution >= 0.6 is 0 Å². The number of nitrogens with zero attached hydrogens (tertiary/aromatic N) is 3. The van der Waals surface area contributed by atoms with Gasteiger partial charge in [0.25, 0.3) is 0 Å². The van der Waals surface area contributed by atoms with Gasteiger partial charge >= 0.3 is 5.97 Å². The summed E-state index contributed by atoms with van der Waals surface area (Å²) >= 11 is 0. The van der Waals surface area contributed by atoms with Gasteiger partial charge < -0.3 is 9.47 Å². The smallest absolute Gasteiger partial charge is 0.341 e. The van der Waals surface area contributed by atoms with E-state index in [2.05, 4.69) is 10.1 Å². The van der Waals surface area contributed by atoms with Crippen LogP contribution in [0.2, 0.25) is 0 Å². The quantitative estimate of drug-likeness (QED) is 0.764. The first-order valence-corrected chi connectivity index (χ1v) is 5.93. The topological polar surface area (TPSA) is 66.2 Å². The molecule has 0 aromatic carbocycles. The number of ether oxygens (including phenoxy) is 2. The molecule has 0 unspecified atom stereocenters. The lowest BCUT2D eigenvalue weighted by Gasteiger charge is -2.08. The number of aryl methyl sites for hydroxylation is 1. The van der Waals surface area contributed by atoms with Gasteiger partial charge in [-0.1, -0.05) is 0 Å². The van der Waals surface area contributed by atoms with Crippen LogP contribution in [0.3, 0.4) is 0 Å². The summed E-state index contributed by atoms with van der Waals surface area (Å²) in [6.07, 6.45) is 4.77. The molecular formula is C13H15N3O3. The zero-order valence-electron chi connectivity index (χ0n) is 10.9. The van der Waals surface area contributed by atoms with Crippen LogP contribution in [0, 0.1) is 0 Å². The summed E-state index contributed by atoms with van der Waals surface area (Å²) in [6, 6.07) is 3.58. The normalized spacial score (nSPS) is 10.2. The van der Waals surface area contributed by atoms with Gasteiger partial charge in [-0.25, -0.2) is 4.79 Å². The van der Waals surface area contributed by atoms with Gasteiger partial charge in [0.1, 0.15) is 17.9 Å². The Hall–Kier alpha value is -2.37. The Kier molecular flexibility index (Phi) is 4.12. The van der Waals surface area contributed by atoms with Crippen LogP contribution in [0.1, 0.15) is 23.0 Å². The third-order valence-electron chi connectivity index (χ3n) is 2.57. The molecule has 19 heavy (non-hydrogen) atoms. The summed E-state index contributed by atoms with van der Waals surface area (Å²) in [6.45, 7) is 2.33. The molecule has 0 atom stereocenters. The molecule has 0 aliphatic rings. The zero-order valence-corrected chi connectivity index (χ0v) is 10.9. The van der Waals surface area contributed by atoms with Crippen LogP contribution in [0.5, 0.6) is 5.75 Å². The second-order valence-electron chi connectivity index (χ2n) is 3.83. The minimum Gasteiger partial charge on any atom is -0.486 e. The molecule has 0 saturated carbocycles. The van der Waals surface area contributed by atoms with Crippen molar-refractivity contribution < 1.29 is 14.3 Å². The molecule has 2 rings (SSSR count). The van der Waals surface area contributed by atoms with E-state index < -0.39 is 0 Å². The van der Waals surface area contributed by atoms with Crippen LogP contribution in [0.15, 0.2) is 30.7 Å². The fraction of sp³-hybridized carbons (Fsp3) is 0.308. The Labute approximate surface area is 111 Å². The molecule has 6 heteroatoms. The summed E-state index contributed by atoms with van der Waals surface area (Å²) in [5.74, 6) is 0.249. The maximum Gasteiger partial charge on any atom is 0.341 e. The Morgan fingerprint density at radius 1 is 1.42 bits per heavy atom. The molecule has 0 amide bonds. The molecule has 2 heterocycles. The lowest BCUT2D eigenvalue weighted by Crippen LogP contribution is -2.11. The van der Waals surface area contributed by atoms with Crippen molar-refractivity contribution in [2.24, 2.45) is 7.05 Å². The number of carbonyl (C=O) groups is 1. The van der Waals surface area contributed by atoms with Gasteiger partial charge in [-0.3, -0.25) is 9.67 Å². The van der Waals surface area contributed by atoms with Crippen molar-refractivity contribution in [3.8, 4) is 5.75 Å². The van der Waals surface area contributed by atoms with Crippen molar-refractivity contribution in [2.75, 3.05) is 6.61 Å². The van der Waals surface area contributed by atoms with E-state index in [0.29, 0.717) is 23.6 Å². The third kappa shape index (κ3) is 3.09. The largest absolute Gasteiger partial charge is 0.486 e. The standard InChI is InChI=1S/C13H15N3O3/c1-3-18-13(17)11-8-15-16(2)12(11)9-19-10-5-4-6-14-7-10/h4-8H,3,9H2,1-2H3. The molecule has 6 nitrogen and oxygen atoms in total. The van der Waals surface area contributed by atoms with Crippen LogP contribution < -0.4 is 4.74 Å². The highest BCUT2D eigenvalue weighted by atomic mass is 16.5. The third-order valence-corrected chi connectivity index (χ3v) is 2.57. The minimum atomic E-state index is -0.389. The number of carbonyl (C=O) groups excluding carboxylic acids is 1. The second-order valence-corrected chi connectivity index (χ2v) is 3.83. The van der Waals surface area contributed by atoms with E-state index in [-0.39, 0.29) is 12.6 Å². The molecule has 0 aliphatic carbocycles. The molecule has 0 saturated heterocycles. The first kappa shape index (κ1) is 13.1. The van der Waals surface area contributed by atoms with E-state index in [9.17, 15) is 4.79 Å². The molecule has 0 radical (unpaired) electrons. The highest BCUT2D eigenvalue weighted by Gasteiger charge is 2.17. The number of rotatable bonds is 5. The first-order chi connectivity index (χ1) is 9.22. The predicted octanol–water partition coefficient (Wildman–Crippen LogP) is 1.57. The van der Waals surface area contributed by atoms with Gasteiger partial charge in [-0.15, -0.1) is 0 Å². The molecule has 0 spiro atoms. The minimum absolute atomic E-state index is 0.232. The molecule has 0 N–H and O–H groups in total. The Balaban J connectivity index is 2.11. The summed E-state index contributed by atoms with van der Waals surface area (Å²) in [4.78, 5) is 15.7. The molecule has 2 aromatic heterocycles. The molecule has 100 valence electrons. The average molecular weight is 261 g/mol. The summed E-state index contributed by atoms with van der Waals surface area (Å²) in [7, 11) is 1.75. The van der Waals surface area contributed by atoms with Crippen molar-refractivity contribution in [3.63, 3.8) is 0 Å². The van der Waals surface area contributed by atoms with Gasteiger partial charge in [-0.2, -0.15) is 5.10 Å². The van der Waals surface area contributed by atoms with Crippen LogP contribution in [0.4, 0.5) is 0 Å². The monoisotopic (exact) mass is 261 g/mol. The van der Waals surface area contributed by atoms with Crippen LogP contribution in [0.25, 0.3) is 0 Å². The van der Waals surface area contributed by atoms with Gasteiger partial charge in [0, 0.05) is 13.2 Å². The van der Waals surface area contributed by atoms with E-state index in [4.69, 9.17) is 9.47 Å². The predicted molar refractivity (Wildman–Crippen MR) is 67.7 cm³/mol. The second kappa shape index (κ2) is 5.99. The Morgan fingerprint density at radius 2 is 2.26 bits per heavy atom. The number of hydrogen-bond donors (Lipinski definition) is 0. The lowest BCUT2D eigenvalue weighted by molar-refractivity contribution is 0.0523. The Morgan fingerprint density at radius 3 is 2.95 bits per heavy atom. The van der Waals surface area contributed by atoms with E-state index in [1.807, 2.05) is 0 Å². The first-order valence-electron chi connectivity index (χ1n) is 5.93. The van der Waals surface area contributed by atoms with Crippen molar-refractivity contribution in [2.45, 2.75) is 13.5 Å². The fourth-order valence-corrected chi connectivity index (χ4v) is 1.60. The van der Waals surface area contributed by atoms with Gasteiger partial charge in [0.15, 0.2) is 0 Å².